The first-order valence-corrected chi connectivity index (χ1v) is 6.07. The molecular formula is C12H9BrFNO2. The fraction of sp³-hybridized carbons (Fsp3) is 0.167. The maximum Gasteiger partial charge on any atom is 0.179 e. The van der Waals surface area contributed by atoms with Gasteiger partial charge in [0.15, 0.2) is 5.78 Å². The third kappa shape index (κ3) is 2.15. The lowest BCUT2D eigenvalue weighted by Gasteiger charge is -2.01. The van der Waals surface area contributed by atoms with Gasteiger partial charge in [0, 0.05) is 5.56 Å². The third-order valence-corrected chi connectivity index (χ3v) is 2.90. The van der Waals surface area contributed by atoms with Gasteiger partial charge in [0.1, 0.15) is 17.3 Å². The molecule has 0 fully saturated rings. The Morgan fingerprint density at radius 2 is 2.18 bits per heavy atom. The summed E-state index contributed by atoms with van der Waals surface area (Å²) >= 11 is 3.08. The minimum absolute atomic E-state index is 0.149. The van der Waals surface area contributed by atoms with E-state index in [4.69, 9.17) is 4.52 Å². The molecule has 1 heterocycles. The monoisotopic (exact) mass is 297 g/mol. The SMILES string of the molecule is Cc1onc(-c2ccccc2F)c1C(=O)CBr. The first kappa shape index (κ1) is 12.0. The molecule has 0 unspecified atom stereocenters. The molecule has 1 aromatic carbocycles. The van der Waals surface area contributed by atoms with Gasteiger partial charge in [-0.1, -0.05) is 33.2 Å². The van der Waals surface area contributed by atoms with Crippen molar-refractivity contribution in [1.82, 2.24) is 5.16 Å². The molecule has 0 aliphatic rings. The highest BCUT2D eigenvalue weighted by molar-refractivity contribution is 9.09. The fourth-order valence-corrected chi connectivity index (χ4v) is 1.88. The van der Waals surface area contributed by atoms with Crippen LogP contribution in [0.5, 0.6) is 0 Å². The number of hydrogen-bond acceptors (Lipinski definition) is 3. The van der Waals surface area contributed by atoms with Gasteiger partial charge in [-0.2, -0.15) is 0 Å². The van der Waals surface area contributed by atoms with Gasteiger partial charge in [-0.05, 0) is 19.1 Å². The summed E-state index contributed by atoms with van der Waals surface area (Å²) in [6.07, 6.45) is 0. The smallest absolute Gasteiger partial charge is 0.179 e. The summed E-state index contributed by atoms with van der Waals surface area (Å²) in [5, 5.41) is 3.91. The number of hydrogen-bond donors (Lipinski definition) is 0. The van der Waals surface area contributed by atoms with Gasteiger partial charge >= 0.3 is 0 Å². The number of ketones is 1. The highest BCUT2D eigenvalue weighted by Crippen LogP contribution is 2.27. The number of halogens is 2. The Balaban J connectivity index is 2.61. The van der Waals surface area contributed by atoms with Crippen LogP contribution in [0.15, 0.2) is 28.8 Å². The Bertz CT molecular complexity index is 565. The zero-order valence-corrected chi connectivity index (χ0v) is 10.6. The predicted molar refractivity (Wildman–Crippen MR) is 64.8 cm³/mol. The number of nitrogens with zero attached hydrogens (tertiary/aromatic N) is 1. The lowest BCUT2D eigenvalue weighted by molar-refractivity contribution is 0.102. The average Bonchev–Trinajstić information content (AvgIpc) is 2.71. The van der Waals surface area contributed by atoms with Crippen molar-refractivity contribution in [3.8, 4) is 11.3 Å². The molecule has 0 aliphatic heterocycles. The van der Waals surface area contributed by atoms with Crippen LogP contribution in [-0.4, -0.2) is 16.3 Å². The van der Waals surface area contributed by atoms with E-state index in [0.29, 0.717) is 11.3 Å². The summed E-state index contributed by atoms with van der Waals surface area (Å²) < 4.78 is 18.6. The first-order valence-electron chi connectivity index (χ1n) is 4.95. The molecule has 0 radical (unpaired) electrons. The van der Waals surface area contributed by atoms with Crippen molar-refractivity contribution >= 4 is 21.7 Å². The van der Waals surface area contributed by atoms with Crippen molar-refractivity contribution in [2.24, 2.45) is 0 Å². The normalized spacial score (nSPS) is 10.5. The van der Waals surface area contributed by atoms with E-state index in [1.54, 1.807) is 25.1 Å². The maximum absolute atomic E-state index is 13.6. The highest BCUT2D eigenvalue weighted by atomic mass is 79.9. The van der Waals surface area contributed by atoms with E-state index >= 15 is 0 Å². The molecule has 2 rings (SSSR count). The van der Waals surface area contributed by atoms with Gasteiger partial charge in [-0.3, -0.25) is 4.79 Å². The zero-order valence-electron chi connectivity index (χ0n) is 9.04. The molecule has 0 atom stereocenters. The van der Waals surface area contributed by atoms with Crippen LogP contribution in [0, 0.1) is 12.7 Å². The Kier molecular flexibility index (Phi) is 3.38. The molecular weight excluding hydrogens is 289 g/mol. The van der Waals surface area contributed by atoms with Gasteiger partial charge in [-0.15, -0.1) is 0 Å². The molecule has 0 amide bonds. The number of rotatable bonds is 3. The van der Waals surface area contributed by atoms with Crippen LogP contribution < -0.4 is 0 Å². The second-order valence-electron chi connectivity index (χ2n) is 3.50. The minimum atomic E-state index is -0.426. The second kappa shape index (κ2) is 4.79. The van der Waals surface area contributed by atoms with E-state index in [-0.39, 0.29) is 22.4 Å². The molecule has 17 heavy (non-hydrogen) atoms. The van der Waals surface area contributed by atoms with Gasteiger partial charge in [-0.25, -0.2) is 4.39 Å². The number of Topliss-reactive ketones (excluding diaryl/α,β-unsaturated/α-hetero) is 1. The number of alkyl halides is 1. The Morgan fingerprint density at radius 1 is 1.47 bits per heavy atom. The van der Waals surface area contributed by atoms with Crippen molar-refractivity contribution in [2.45, 2.75) is 6.92 Å². The van der Waals surface area contributed by atoms with Gasteiger partial charge < -0.3 is 4.52 Å². The average molecular weight is 298 g/mol. The molecule has 0 bridgehead atoms. The van der Waals surface area contributed by atoms with E-state index in [2.05, 4.69) is 21.1 Å². The van der Waals surface area contributed by atoms with Crippen LogP contribution in [0.2, 0.25) is 0 Å². The number of aryl methyl sites for hydroxylation is 1. The predicted octanol–water partition coefficient (Wildman–Crippen LogP) is 3.37. The van der Waals surface area contributed by atoms with Crippen molar-refractivity contribution < 1.29 is 13.7 Å². The van der Waals surface area contributed by atoms with Crippen LogP contribution in [-0.2, 0) is 0 Å². The second-order valence-corrected chi connectivity index (χ2v) is 4.06. The van der Waals surface area contributed by atoms with Crippen LogP contribution in [0.25, 0.3) is 11.3 Å². The lowest BCUT2D eigenvalue weighted by Crippen LogP contribution is -2.03. The summed E-state index contributed by atoms with van der Waals surface area (Å²) in [4.78, 5) is 11.7. The van der Waals surface area contributed by atoms with Crippen LogP contribution in [0.1, 0.15) is 16.1 Å². The zero-order chi connectivity index (χ0) is 12.4. The van der Waals surface area contributed by atoms with E-state index in [0.717, 1.165) is 0 Å². The van der Waals surface area contributed by atoms with E-state index in [1.807, 2.05) is 0 Å². The molecule has 2 aromatic rings. The number of benzene rings is 1. The quantitative estimate of drug-likeness (QED) is 0.644. The Morgan fingerprint density at radius 3 is 2.82 bits per heavy atom. The summed E-state index contributed by atoms with van der Waals surface area (Å²) in [7, 11) is 0. The Hall–Kier alpha value is -1.49. The number of carbonyl (C=O) groups is 1. The minimum Gasteiger partial charge on any atom is -0.360 e. The van der Waals surface area contributed by atoms with Crippen LogP contribution in [0.3, 0.4) is 0 Å². The van der Waals surface area contributed by atoms with E-state index in [9.17, 15) is 9.18 Å². The molecule has 1 aromatic heterocycles. The molecule has 5 heteroatoms. The van der Waals surface area contributed by atoms with Crippen LogP contribution in [0.4, 0.5) is 4.39 Å². The summed E-state index contributed by atoms with van der Waals surface area (Å²) in [6.45, 7) is 1.63. The molecule has 0 spiro atoms. The topological polar surface area (TPSA) is 43.1 Å². The molecule has 0 saturated heterocycles. The van der Waals surface area contributed by atoms with Crippen molar-refractivity contribution in [1.29, 1.82) is 0 Å². The maximum atomic E-state index is 13.6. The summed E-state index contributed by atoms with van der Waals surface area (Å²) in [5.74, 6) is -0.209. The van der Waals surface area contributed by atoms with Crippen molar-refractivity contribution in [3.05, 3.63) is 41.4 Å². The van der Waals surface area contributed by atoms with Crippen LogP contribution >= 0.6 is 15.9 Å². The molecule has 88 valence electrons. The first-order chi connectivity index (χ1) is 8.15. The van der Waals surface area contributed by atoms with E-state index < -0.39 is 5.82 Å². The third-order valence-electron chi connectivity index (χ3n) is 2.39. The largest absolute Gasteiger partial charge is 0.360 e. The summed E-state index contributed by atoms with van der Waals surface area (Å²) in [6, 6.07) is 6.15. The van der Waals surface area contributed by atoms with Crippen molar-refractivity contribution in [2.75, 3.05) is 5.33 Å². The molecule has 0 N–H and O–H groups in total. The van der Waals surface area contributed by atoms with Gasteiger partial charge in [0.25, 0.3) is 0 Å². The number of aromatic nitrogens is 1. The lowest BCUT2D eigenvalue weighted by atomic mass is 10.0. The number of carbonyl (C=O) groups excluding carboxylic acids is 1. The summed E-state index contributed by atoms with van der Waals surface area (Å²) in [5.41, 5.74) is 0.852. The molecule has 0 saturated carbocycles. The standard InChI is InChI=1S/C12H9BrFNO2/c1-7-11(10(16)6-13)12(15-17-7)8-4-2-3-5-9(8)14/h2-5H,6H2,1H3. The van der Waals surface area contributed by atoms with Crippen molar-refractivity contribution in [3.63, 3.8) is 0 Å². The fourth-order valence-electron chi connectivity index (χ4n) is 1.60. The molecule has 3 nitrogen and oxygen atoms in total. The van der Waals surface area contributed by atoms with E-state index in [1.165, 1.54) is 6.07 Å². The Labute approximate surface area is 106 Å². The molecule has 0 aliphatic carbocycles. The highest BCUT2D eigenvalue weighted by Gasteiger charge is 2.22. The van der Waals surface area contributed by atoms with Gasteiger partial charge in [0.2, 0.25) is 0 Å². The van der Waals surface area contributed by atoms with Gasteiger partial charge in [0.05, 0.1) is 10.9 Å².